The van der Waals surface area contributed by atoms with E-state index >= 15 is 0 Å². The highest BCUT2D eigenvalue weighted by Crippen LogP contribution is 2.14. The number of hydrogen-bond acceptors (Lipinski definition) is 2. The van der Waals surface area contributed by atoms with Gasteiger partial charge in [0.1, 0.15) is 0 Å². The summed E-state index contributed by atoms with van der Waals surface area (Å²) in [5, 5.41) is 0. The second-order valence-electron chi connectivity index (χ2n) is 4.62. The van der Waals surface area contributed by atoms with E-state index in [9.17, 15) is 9.59 Å². The predicted molar refractivity (Wildman–Crippen MR) is 62.7 cm³/mol. The highest BCUT2D eigenvalue weighted by molar-refractivity contribution is 6.08. The summed E-state index contributed by atoms with van der Waals surface area (Å²) >= 11 is 0. The lowest BCUT2D eigenvalue weighted by molar-refractivity contribution is -0.121. The van der Waals surface area contributed by atoms with Gasteiger partial charge in [0, 0.05) is 0 Å². The standard InChI is InChI=1S/C13H20O2/c1-5-6-7-11(14)10-12(15)8-9-13(2,3)4/h6-9H,5,10H2,1-4H3/b7-6+,9-8+. The lowest BCUT2D eigenvalue weighted by Gasteiger charge is -2.10. The number of allylic oxidation sites excluding steroid dienone is 4. The fraction of sp³-hybridized carbons (Fsp3) is 0.538. The van der Waals surface area contributed by atoms with Crippen molar-refractivity contribution in [3.63, 3.8) is 0 Å². The zero-order valence-electron chi connectivity index (χ0n) is 10.0. The molecule has 2 nitrogen and oxygen atoms in total. The molecular weight excluding hydrogens is 188 g/mol. The average molecular weight is 208 g/mol. The van der Waals surface area contributed by atoms with Crippen LogP contribution in [0.25, 0.3) is 0 Å². The molecule has 0 fully saturated rings. The molecular formula is C13H20O2. The first-order chi connectivity index (χ1) is 6.85. The van der Waals surface area contributed by atoms with E-state index in [4.69, 9.17) is 0 Å². The SMILES string of the molecule is CC/C=C/C(=O)CC(=O)/C=C/C(C)(C)C. The third-order valence-corrected chi connectivity index (χ3v) is 1.66. The topological polar surface area (TPSA) is 34.1 Å². The Labute approximate surface area is 92.1 Å². The summed E-state index contributed by atoms with van der Waals surface area (Å²) < 4.78 is 0. The summed E-state index contributed by atoms with van der Waals surface area (Å²) in [5.74, 6) is -0.254. The minimum atomic E-state index is -0.129. The van der Waals surface area contributed by atoms with E-state index in [-0.39, 0.29) is 23.4 Å². The number of hydrogen-bond donors (Lipinski definition) is 0. The molecule has 0 aliphatic rings. The fourth-order valence-corrected chi connectivity index (χ4v) is 0.882. The smallest absolute Gasteiger partial charge is 0.163 e. The predicted octanol–water partition coefficient (Wildman–Crippen LogP) is 3.08. The van der Waals surface area contributed by atoms with Gasteiger partial charge in [-0.05, 0) is 24.0 Å². The second kappa shape index (κ2) is 6.33. The van der Waals surface area contributed by atoms with Crippen molar-refractivity contribution in [2.45, 2.75) is 40.5 Å². The Kier molecular flexibility index (Phi) is 5.83. The van der Waals surface area contributed by atoms with Crippen LogP contribution >= 0.6 is 0 Å². The van der Waals surface area contributed by atoms with Gasteiger partial charge in [0.2, 0.25) is 0 Å². The Morgan fingerprint density at radius 1 is 1.07 bits per heavy atom. The Hall–Kier alpha value is -1.18. The molecule has 0 amide bonds. The molecule has 0 rings (SSSR count). The van der Waals surface area contributed by atoms with Crippen LogP contribution in [0.2, 0.25) is 0 Å². The van der Waals surface area contributed by atoms with Gasteiger partial charge in [-0.3, -0.25) is 9.59 Å². The van der Waals surface area contributed by atoms with Crippen LogP contribution in [0.15, 0.2) is 24.3 Å². The summed E-state index contributed by atoms with van der Waals surface area (Å²) in [6.45, 7) is 7.98. The normalized spacial score (nSPS) is 12.5. The van der Waals surface area contributed by atoms with E-state index in [1.165, 1.54) is 12.2 Å². The minimum Gasteiger partial charge on any atom is -0.294 e. The molecule has 15 heavy (non-hydrogen) atoms. The number of rotatable bonds is 5. The van der Waals surface area contributed by atoms with Gasteiger partial charge in [-0.2, -0.15) is 0 Å². The van der Waals surface area contributed by atoms with Crippen molar-refractivity contribution < 1.29 is 9.59 Å². The van der Waals surface area contributed by atoms with Gasteiger partial charge in [0.15, 0.2) is 11.6 Å². The van der Waals surface area contributed by atoms with Crippen LogP contribution < -0.4 is 0 Å². The van der Waals surface area contributed by atoms with Crippen LogP contribution in [0.1, 0.15) is 40.5 Å². The minimum absolute atomic E-state index is 0.0159. The van der Waals surface area contributed by atoms with Crippen LogP contribution in [-0.4, -0.2) is 11.6 Å². The molecule has 0 heterocycles. The molecule has 0 aliphatic heterocycles. The number of ketones is 2. The van der Waals surface area contributed by atoms with Gasteiger partial charge < -0.3 is 0 Å². The van der Waals surface area contributed by atoms with Gasteiger partial charge in [-0.15, -0.1) is 0 Å². The van der Waals surface area contributed by atoms with Crippen molar-refractivity contribution in [1.29, 1.82) is 0 Å². The zero-order valence-corrected chi connectivity index (χ0v) is 10.0. The van der Waals surface area contributed by atoms with E-state index in [2.05, 4.69) is 0 Å². The van der Waals surface area contributed by atoms with Crippen molar-refractivity contribution in [3.8, 4) is 0 Å². The van der Waals surface area contributed by atoms with Crippen molar-refractivity contribution in [2.24, 2.45) is 5.41 Å². The summed E-state index contributed by atoms with van der Waals surface area (Å²) in [4.78, 5) is 22.5. The third-order valence-electron chi connectivity index (χ3n) is 1.66. The second-order valence-corrected chi connectivity index (χ2v) is 4.62. The summed E-state index contributed by atoms with van der Waals surface area (Å²) in [7, 11) is 0. The Balaban J connectivity index is 4.11. The molecule has 0 aromatic carbocycles. The van der Waals surface area contributed by atoms with Crippen LogP contribution in [-0.2, 0) is 9.59 Å². The van der Waals surface area contributed by atoms with Crippen LogP contribution in [0, 0.1) is 5.41 Å². The van der Waals surface area contributed by atoms with Gasteiger partial charge >= 0.3 is 0 Å². The molecule has 0 N–H and O–H groups in total. The maximum Gasteiger partial charge on any atom is 0.163 e. The Morgan fingerprint density at radius 3 is 2.07 bits per heavy atom. The van der Waals surface area contributed by atoms with Crippen molar-refractivity contribution in [1.82, 2.24) is 0 Å². The summed E-state index contributed by atoms with van der Waals surface area (Å²) in [6.07, 6.45) is 7.36. The highest BCUT2D eigenvalue weighted by Gasteiger charge is 2.07. The van der Waals surface area contributed by atoms with Crippen molar-refractivity contribution in [2.75, 3.05) is 0 Å². The fourth-order valence-electron chi connectivity index (χ4n) is 0.882. The lowest BCUT2D eigenvalue weighted by Crippen LogP contribution is -2.05. The summed E-state index contributed by atoms with van der Waals surface area (Å²) in [6, 6.07) is 0. The van der Waals surface area contributed by atoms with Crippen LogP contribution in [0.3, 0.4) is 0 Å². The van der Waals surface area contributed by atoms with Crippen molar-refractivity contribution >= 4 is 11.6 Å². The molecule has 0 spiro atoms. The molecule has 0 radical (unpaired) electrons. The van der Waals surface area contributed by atoms with Gasteiger partial charge in [-0.25, -0.2) is 0 Å². The van der Waals surface area contributed by atoms with Gasteiger partial charge in [0.25, 0.3) is 0 Å². The zero-order chi connectivity index (χ0) is 11.9. The maximum absolute atomic E-state index is 11.3. The molecule has 0 bridgehead atoms. The molecule has 0 saturated heterocycles. The molecule has 0 aliphatic carbocycles. The molecule has 84 valence electrons. The average Bonchev–Trinajstić information content (AvgIpc) is 2.10. The molecule has 0 saturated carbocycles. The van der Waals surface area contributed by atoms with E-state index < -0.39 is 0 Å². The molecule has 2 heteroatoms. The first-order valence-electron chi connectivity index (χ1n) is 5.26. The van der Waals surface area contributed by atoms with E-state index in [0.29, 0.717) is 0 Å². The molecule has 0 aromatic rings. The van der Waals surface area contributed by atoms with E-state index in [1.54, 1.807) is 6.08 Å². The Bertz CT molecular complexity index is 277. The third kappa shape index (κ3) is 9.13. The number of carbonyl (C=O) groups is 2. The van der Waals surface area contributed by atoms with E-state index in [0.717, 1.165) is 6.42 Å². The lowest BCUT2D eigenvalue weighted by atomic mass is 9.95. The van der Waals surface area contributed by atoms with Crippen LogP contribution in [0.5, 0.6) is 0 Å². The maximum atomic E-state index is 11.3. The number of carbonyl (C=O) groups excluding carboxylic acids is 2. The first-order valence-corrected chi connectivity index (χ1v) is 5.26. The van der Waals surface area contributed by atoms with E-state index in [1.807, 2.05) is 33.8 Å². The first kappa shape index (κ1) is 13.8. The van der Waals surface area contributed by atoms with Crippen molar-refractivity contribution in [3.05, 3.63) is 24.3 Å². The highest BCUT2D eigenvalue weighted by atomic mass is 16.1. The van der Waals surface area contributed by atoms with Gasteiger partial charge in [-0.1, -0.05) is 39.8 Å². The molecule has 0 atom stereocenters. The largest absolute Gasteiger partial charge is 0.294 e. The molecule has 0 aromatic heterocycles. The quantitative estimate of drug-likeness (QED) is 0.514. The Morgan fingerprint density at radius 2 is 1.60 bits per heavy atom. The monoisotopic (exact) mass is 208 g/mol. The summed E-state index contributed by atoms with van der Waals surface area (Å²) in [5.41, 5.74) is -0.0159. The van der Waals surface area contributed by atoms with Gasteiger partial charge in [0.05, 0.1) is 6.42 Å². The van der Waals surface area contributed by atoms with Crippen LogP contribution in [0.4, 0.5) is 0 Å². The molecule has 0 unspecified atom stereocenters.